The largest absolute Gasteiger partial charge is 0.480 e. The second-order valence-corrected chi connectivity index (χ2v) is 2.92. The standard InChI is InChI=1S/C8H16N2O3/c1-4-6(2)10(3)8(13)9-5-7(11)12/h6H,4-5H2,1-3H3,(H,9,13)(H,11,12). The van der Waals surface area contributed by atoms with Gasteiger partial charge in [0.25, 0.3) is 0 Å². The fourth-order valence-electron chi connectivity index (χ4n) is 0.750. The summed E-state index contributed by atoms with van der Waals surface area (Å²) >= 11 is 0. The van der Waals surface area contributed by atoms with Gasteiger partial charge in [-0.15, -0.1) is 0 Å². The Morgan fingerprint density at radius 3 is 2.46 bits per heavy atom. The SMILES string of the molecule is CCC(C)N(C)C(=O)NCC(=O)O. The van der Waals surface area contributed by atoms with E-state index >= 15 is 0 Å². The minimum atomic E-state index is -1.04. The Morgan fingerprint density at radius 1 is 1.54 bits per heavy atom. The Balaban J connectivity index is 3.89. The van der Waals surface area contributed by atoms with Crippen molar-refractivity contribution in [2.24, 2.45) is 0 Å². The topological polar surface area (TPSA) is 69.6 Å². The lowest BCUT2D eigenvalue weighted by atomic mass is 10.2. The molecule has 0 radical (unpaired) electrons. The fraction of sp³-hybridized carbons (Fsp3) is 0.750. The summed E-state index contributed by atoms with van der Waals surface area (Å²) in [5.74, 6) is -1.04. The number of aliphatic carboxylic acids is 1. The van der Waals surface area contributed by atoms with Crippen LogP contribution < -0.4 is 5.32 Å². The molecule has 0 bridgehead atoms. The smallest absolute Gasteiger partial charge is 0.323 e. The second kappa shape index (κ2) is 5.40. The lowest BCUT2D eigenvalue weighted by Crippen LogP contribution is -2.43. The van der Waals surface area contributed by atoms with Crippen LogP contribution in [0.2, 0.25) is 0 Å². The van der Waals surface area contributed by atoms with Crippen molar-refractivity contribution in [3.63, 3.8) is 0 Å². The number of hydrogen-bond donors (Lipinski definition) is 2. The molecule has 0 aliphatic heterocycles. The number of nitrogens with zero attached hydrogens (tertiary/aromatic N) is 1. The number of carboxylic acid groups (broad SMARTS) is 1. The molecule has 76 valence electrons. The van der Waals surface area contributed by atoms with Crippen molar-refractivity contribution in [1.29, 1.82) is 0 Å². The number of urea groups is 1. The monoisotopic (exact) mass is 188 g/mol. The Morgan fingerprint density at radius 2 is 2.08 bits per heavy atom. The van der Waals surface area contributed by atoms with Gasteiger partial charge in [0.2, 0.25) is 0 Å². The van der Waals surface area contributed by atoms with Crippen LogP contribution in [0.1, 0.15) is 20.3 Å². The molecule has 0 aromatic heterocycles. The first-order chi connectivity index (χ1) is 5.99. The molecule has 1 unspecified atom stereocenters. The maximum atomic E-state index is 11.2. The zero-order valence-corrected chi connectivity index (χ0v) is 8.20. The van der Waals surface area contributed by atoms with E-state index in [9.17, 15) is 9.59 Å². The van der Waals surface area contributed by atoms with E-state index in [2.05, 4.69) is 5.32 Å². The maximum Gasteiger partial charge on any atom is 0.323 e. The average molecular weight is 188 g/mol. The molecule has 0 aromatic rings. The number of rotatable bonds is 4. The second-order valence-electron chi connectivity index (χ2n) is 2.92. The zero-order valence-electron chi connectivity index (χ0n) is 8.20. The van der Waals surface area contributed by atoms with Crippen molar-refractivity contribution in [2.45, 2.75) is 26.3 Å². The van der Waals surface area contributed by atoms with E-state index in [0.29, 0.717) is 0 Å². The van der Waals surface area contributed by atoms with Crippen LogP contribution in [0.25, 0.3) is 0 Å². The molecule has 0 aliphatic carbocycles. The summed E-state index contributed by atoms with van der Waals surface area (Å²) in [7, 11) is 1.64. The quantitative estimate of drug-likeness (QED) is 0.675. The van der Waals surface area contributed by atoms with Gasteiger partial charge in [-0.25, -0.2) is 4.79 Å². The molecule has 0 aromatic carbocycles. The lowest BCUT2D eigenvalue weighted by Gasteiger charge is -2.23. The molecule has 0 spiro atoms. The summed E-state index contributed by atoms with van der Waals surface area (Å²) in [6.07, 6.45) is 0.844. The fourth-order valence-corrected chi connectivity index (χ4v) is 0.750. The molecule has 0 heterocycles. The Hall–Kier alpha value is -1.26. The third-order valence-corrected chi connectivity index (χ3v) is 1.96. The van der Waals surface area contributed by atoms with Crippen LogP contribution >= 0.6 is 0 Å². The van der Waals surface area contributed by atoms with E-state index in [1.54, 1.807) is 7.05 Å². The van der Waals surface area contributed by atoms with Gasteiger partial charge in [0.05, 0.1) is 0 Å². The van der Waals surface area contributed by atoms with Gasteiger partial charge in [-0.2, -0.15) is 0 Å². The summed E-state index contributed by atoms with van der Waals surface area (Å²) in [6.45, 7) is 3.53. The molecular formula is C8H16N2O3. The molecule has 0 saturated heterocycles. The normalized spacial score (nSPS) is 11.9. The Kier molecular flexibility index (Phi) is 4.87. The van der Waals surface area contributed by atoms with Crippen molar-refractivity contribution >= 4 is 12.0 Å². The number of carboxylic acids is 1. The van der Waals surface area contributed by atoms with Crippen molar-refractivity contribution in [2.75, 3.05) is 13.6 Å². The van der Waals surface area contributed by atoms with Crippen LogP contribution in [-0.2, 0) is 4.79 Å². The molecule has 13 heavy (non-hydrogen) atoms. The van der Waals surface area contributed by atoms with Crippen LogP contribution in [0.5, 0.6) is 0 Å². The molecule has 2 amide bonds. The van der Waals surface area contributed by atoms with Crippen LogP contribution in [0.15, 0.2) is 0 Å². The number of hydrogen-bond acceptors (Lipinski definition) is 2. The van der Waals surface area contributed by atoms with Gasteiger partial charge in [-0.05, 0) is 13.3 Å². The molecule has 0 aliphatic rings. The van der Waals surface area contributed by atoms with Crippen LogP contribution in [-0.4, -0.2) is 41.6 Å². The zero-order chi connectivity index (χ0) is 10.4. The van der Waals surface area contributed by atoms with E-state index in [1.807, 2.05) is 13.8 Å². The first-order valence-electron chi connectivity index (χ1n) is 4.21. The molecule has 5 nitrogen and oxygen atoms in total. The number of amides is 2. The average Bonchev–Trinajstić information content (AvgIpc) is 2.11. The third kappa shape index (κ3) is 4.35. The molecule has 5 heteroatoms. The third-order valence-electron chi connectivity index (χ3n) is 1.96. The van der Waals surface area contributed by atoms with E-state index < -0.39 is 5.97 Å². The molecule has 0 fully saturated rings. The first-order valence-corrected chi connectivity index (χ1v) is 4.21. The van der Waals surface area contributed by atoms with E-state index in [4.69, 9.17) is 5.11 Å². The Labute approximate surface area is 77.7 Å². The maximum absolute atomic E-state index is 11.2. The van der Waals surface area contributed by atoms with Crippen molar-refractivity contribution < 1.29 is 14.7 Å². The van der Waals surface area contributed by atoms with Gasteiger partial charge in [0, 0.05) is 13.1 Å². The van der Waals surface area contributed by atoms with Crippen LogP contribution in [0.4, 0.5) is 4.79 Å². The van der Waals surface area contributed by atoms with E-state index in [1.165, 1.54) is 4.90 Å². The summed E-state index contributed by atoms with van der Waals surface area (Å²) in [6, 6.07) is -0.231. The summed E-state index contributed by atoms with van der Waals surface area (Å²) in [5.41, 5.74) is 0. The lowest BCUT2D eigenvalue weighted by molar-refractivity contribution is -0.135. The highest BCUT2D eigenvalue weighted by atomic mass is 16.4. The number of nitrogens with one attached hydrogen (secondary N) is 1. The summed E-state index contributed by atoms with van der Waals surface area (Å²) < 4.78 is 0. The van der Waals surface area contributed by atoms with Gasteiger partial charge >= 0.3 is 12.0 Å². The number of carbonyl (C=O) groups excluding carboxylic acids is 1. The van der Waals surface area contributed by atoms with Gasteiger partial charge in [-0.1, -0.05) is 6.92 Å². The van der Waals surface area contributed by atoms with Gasteiger partial charge in [0.15, 0.2) is 0 Å². The molecule has 0 rings (SSSR count). The highest BCUT2D eigenvalue weighted by Gasteiger charge is 2.13. The van der Waals surface area contributed by atoms with E-state index in [0.717, 1.165) is 6.42 Å². The van der Waals surface area contributed by atoms with Crippen molar-refractivity contribution in [3.8, 4) is 0 Å². The van der Waals surface area contributed by atoms with Crippen LogP contribution in [0, 0.1) is 0 Å². The molecule has 2 N–H and O–H groups in total. The number of carbonyl (C=O) groups is 2. The molecular weight excluding hydrogens is 172 g/mol. The molecule has 0 saturated carbocycles. The molecule has 1 atom stereocenters. The van der Waals surface area contributed by atoms with Gasteiger partial charge in [-0.3, -0.25) is 4.79 Å². The van der Waals surface area contributed by atoms with Crippen molar-refractivity contribution in [3.05, 3.63) is 0 Å². The highest BCUT2D eigenvalue weighted by Crippen LogP contribution is 1.99. The minimum Gasteiger partial charge on any atom is -0.480 e. The Bertz CT molecular complexity index is 194. The predicted molar refractivity (Wildman–Crippen MR) is 48.6 cm³/mol. The highest BCUT2D eigenvalue weighted by molar-refractivity contribution is 5.79. The van der Waals surface area contributed by atoms with Gasteiger partial charge < -0.3 is 15.3 Å². The van der Waals surface area contributed by atoms with Crippen LogP contribution in [0.3, 0.4) is 0 Å². The minimum absolute atomic E-state index is 0.119. The van der Waals surface area contributed by atoms with Gasteiger partial charge in [0.1, 0.15) is 6.54 Å². The first kappa shape index (κ1) is 11.7. The van der Waals surface area contributed by atoms with E-state index in [-0.39, 0.29) is 18.6 Å². The summed E-state index contributed by atoms with van der Waals surface area (Å²) in [5, 5.41) is 10.6. The predicted octanol–water partition coefficient (Wildman–Crippen LogP) is 0.511. The van der Waals surface area contributed by atoms with Crippen molar-refractivity contribution in [1.82, 2.24) is 10.2 Å². The summed E-state index contributed by atoms with van der Waals surface area (Å²) in [4.78, 5) is 22.8.